The fourth-order valence-corrected chi connectivity index (χ4v) is 3.65. The number of benzene rings is 2. The van der Waals surface area contributed by atoms with Crippen LogP contribution in [-0.4, -0.2) is 10.9 Å². The Balaban J connectivity index is 1.62. The van der Waals surface area contributed by atoms with Gasteiger partial charge in [0.15, 0.2) is 0 Å². The lowest BCUT2D eigenvalue weighted by atomic mass is 10.1. The van der Waals surface area contributed by atoms with E-state index in [2.05, 4.69) is 26.2 Å². The minimum atomic E-state index is -0.287. The zero-order chi connectivity index (χ0) is 17.8. The van der Waals surface area contributed by atoms with Crippen LogP contribution in [0.2, 0.25) is 0 Å². The Labute approximate surface area is 158 Å². The maximum absolute atomic E-state index is 13.0. The highest BCUT2D eigenvalue weighted by Crippen LogP contribution is 2.26. The average molecular weight is 419 g/mol. The van der Waals surface area contributed by atoms with Gasteiger partial charge in [-0.3, -0.25) is 4.79 Å². The van der Waals surface area contributed by atoms with Crippen LogP contribution >= 0.6 is 27.3 Å². The number of halogens is 2. The molecule has 0 aliphatic rings. The van der Waals surface area contributed by atoms with E-state index in [1.807, 2.05) is 36.6 Å². The first-order valence-corrected chi connectivity index (χ1v) is 9.43. The molecule has 1 aromatic heterocycles. The van der Waals surface area contributed by atoms with Crippen molar-refractivity contribution in [3.63, 3.8) is 0 Å². The Morgan fingerprint density at radius 1 is 1.28 bits per heavy atom. The second kappa shape index (κ2) is 7.89. The zero-order valence-electron chi connectivity index (χ0n) is 13.5. The molecule has 1 amide bonds. The summed E-state index contributed by atoms with van der Waals surface area (Å²) in [5, 5.41) is 5.70. The third-order valence-electron chi connectivity index (χ3n) is 3.71. The van der Waals surface area contributed by atoms with E-state index in [9.17, 15) is 9.18 Å². The second-order valence-corrected chi connectivity index (χ2v) is 7.45. The predicted octanol–water partition coefficient (Wildman–Crippen LogP) is 5.13. The number of amides is 1. The molecule has 0 aliphatic carbocycles. The van der Waals surface area contributed by atoms with Crippen molar-refractivity contribution in [3.8, 4) is 10.6 Å². The highest BCUT2D eigenvalue weighted by molar-refractivity contribution is 9.10. The fourth-order valence-electron chi connectivity index (χ4n) is 2.43. The van der Waals surface area contributed by atoms with Crippen LogP contribution in [0.15, 0.2) is 58.4 Å². The number of hydrogen-bond acceptors (Lipinski definition) is 3. The lowest BCUT2D eigenvalue weighted by Gasteiger charge is -2.13. The number of aromatic nitrogens is 1. The van der Waals surface area contributed by atoms with Crippen LogP contribution in [0.3, 0.4) is 0 Å². The molecular formula is C19H16BrFN2OS. The summed E-state index contributed by atoms with van der Waals surface area (Å²) in [5.41, 5.74) is 2.62. The number of nitrogens with one attached hydrogen (secondary N) is 1. The van der Waals surface area contributed by atoms with Crippen LogP contribution in [0.25, 0.3) is 10.6 Å². The number of nitrogens with zero attached hydrogens (tertiary/aromatic N) is 1. The largest absolute Gasteiger partial charge is 0.349 e. The van der Waals surface area contributed by atoms with Crippen LogP contribution in [0.4, 0.5) is 4.39 Å². The molecule has 0 radical (unpaired) electrons. The van der Waals surface area contributed by atoms with Gasteiger partial charge >= 0.3 is 0 Å². The molecule has 3 aromatic rings. The number of carbonyl (C=O) groups is 1. The number of thiazole rings is 1. The lowest BCUT2D eigenvalue weighted by molar-refractivity contribution is -0.121. The van der Waals surface area contributed by atoms with Gasteiger partial charge in [-0.05, 0) is 36.8 Å². The van der Waals surface area contributed by atoms with Crippen molar-refractivity contribution in [1.82, 2.24) is 10.3 Å². The van der Waals surface area contributed by atoms with Crippen molar-refractivity contribution in [2.45, 2.75) is 19.4 Å². The molecule has 0 aliphatic heterocycles. The molecule has 3 nitrogen and oxygen atoms in total. The smallest absolute Gasteiger partial charge is 0.226 e. The SMILES string of the molecule is CC(NC(=O)Cc1csc(-c2cccc(Br)c2)n1)c1ccc(F)cc1. The van der Waals surface area contributed by atoms with Gasteiger partial charge in [-0.25, -0.2) is 9.37 Å². The summed E-state index contributed by atoms with van der Waals surface area (Å²) in [6.45, 7) is 1.87. The molecule has 1 unspecified atom stereocenters. The summed E-state index contributed by atoms with van der Waals surface area (Å²) >= 11 is 4.97. The van der Waals surface area contributed by atoms with E-state index in [1.165, 1.54) is 23.5 Å². The quantitative estimate of drug-likeness (QED) is 0.623. The molecule has 6 heteroatoms. The lowest BCUT2D eigenvalue weighted by Crippen LogP contribution is -2.28. The fraction of sp³-hybridized carbons (Fsp3) is 0.158. The average Bonchev–Trinajstić information content (AvgIpc) is 3.03. The summed E-state index contributed by atoms with van der Waals surface area (Å²) in [6.07, 6.45) is 0.218. The van der Waals surface area contributed by atoms with Crippen molar-refractivity contribution in [2.75, 3.05) is 0 Å². The molecule has 0 saturated heterocycles. The van der Waals surface area contributed by atoms with Crippen LogP contribution in [0, 0.1) is 5.82 Å². The van der Waals surface area contributed by atoms with Crippen molar-refractivity contribution >= 4 is 33.2 Å². The number of carbonyl (C=O) groups excluding carboxylic acids is 1. The van der Waals surface area contributed by atoms with Gasteiger partial charge in [-0.2, -0.15) is 0 Å². The van der Waals surface area contributed by atoms with Gasteiger partial charge < -0.3 is 5.32 Å². The molecule has 2 aromatic carbocycles. The summed E-state index contributed by atoms with van der Waals surface area (Å²) in [7, 11) is 0. The molecule has 1 atom stereocenters. The number of hydrogen-bond donors (Lipinski definition) is 1. The Hall–Kier alpha value is -2.05. The summed E-state index contributed by atoms with van der Waals surface area (Å²) in [4.78, 5) is 16.8. The maximum atomic E-state index is 13.0. The molecule has 128 valence electrons. The minimum Gasteiger partial charge on any atom is -0.349 e. The molecule has 0 fully saturated rings. The van der Waals surface area contributed by atoms with Crippen molar-refractivity contribution in [2.24, 2.45) is 0 Å². The monoisotopic (exact) mass is 418 g/mol. The molecular weight excluding hydrogens is 403 g/mol. The topological polar surface area (TPSA) is 42.0 Å². The standard InChI is InChI=1S/C19H16BrFN2OS/c1-12(13-5-7-16(21)8-6-13)22-18(24)10-17-11-25-19(23-17)14-3-2-4-15(20)9-14/h2-9,11-12H,10H2,1H3,(H,22,24). The van der Waals surface area contributed by atoms with E-state index < -0.39 is 0 Å². The second-order valence-electron chi connectivity index (χ2n) is 5.67. The molecule has 1 heterocycles. The molecule has 3 rings (SSSR count). The highest BCUT2D eigenvalue weighted by Gasteiger charge is 2.13. The third kappa shape index (κ3) is 4.74. The van der Waals surface area contributed by atoms with E-state index in [0.29, 0.717) is 0 Å². The zero-order valence-corrected chi connectivity index (χ0v) is 15.9. The van der Waals surface area contributed by atoms with Crippen LogP contribution in [0.1, 0.15) is 24.2 Å². The first kappa shape index (κ1) is 17.8. The van der Waals surface area contributed by atoms with Crippen LogP contribution in [0.5, 0.6) is 0 Å². The highest BCUT2D eigenvalue weighted by atomic mass is 79.9. The van der Waals surface area contributed by atoms with Crippen molar-refractivity contribution < 1.29 is 9.18 Å². The van der Waals surface area contributed by atoms with E-state index in [1.54, 1.807) is 12.1 Å². The van der Waals surface area contributed by atoms with Crippen LogP contribution in [-0.2, 0) is 11.2 Å². The third-order valence-corrected chi connectivity index (χ3v) is 5.15. The van der Waals surface area contributed by atoms with Crippen LogP contribution < -0.4 is 5.32 Å². The Morgan fingerprint density at radius 2 is 2.04 bits per heavy atom. The van der Waals surface area contributed by atoms with E-state index in [-0.39, 0.29) is 24.2 Å². The summed E-state index contributed by atoms with van der Waals surface area (Å²) in [5.74, 6) is -0.396. The minimum absolute atomic E-state index is 0.108. The Morgan fingerprint density at radius 3 is 2.76 bits per heavy atom. The Kier molecular flexibility index (Phi) is 5.60. The molecule has 25 heavy (non-hydrogen) atoms. The number of rotatable bonds is 5. The van der Waals surface area contributed by atoms with E-state index in [4.69, 9.17) is 0 Å². The van der Waals surface area contributed by atoms with Gasteiger partial charge in [0.25, 0.3) is 0 Å². The first-order chi connectivity index (χ1) is 12.0. The molecule has 0 bridgehead atoms. The van der Waals surface area contributed by atoms with Gasteiger partial charge in [0.05, 0.1) is 18.2 Å². The van der Waals surface area contributed by atoms with E-state index in [0.717, 1.165) is 26.3 Å². The van der Waals surface area contributed by atoms with Gasteiger partial charge in [-0.15, -0.1) is 11.3 Å². The summed E-state index contributed by atoms with van der Waals surface area (Å²) in [6, 6.07) is 13.9. The molecule has 0 spiro atoms. The predicted molar refractivity (Wildman–Crippen MR) is 102 cm³/mol. The van der Waals surface area contributed by atoms with Gasteiger partial charge in [0.1, 0.15) is 10.8 Å². The molecule has 0 saturated carbocycles. The first-order valence-electron chi connectivity index (χ1n) is 7.76. The summed E-state index contributed by atoms with van der Waals surface area (Å²) < 4.78 is 14.0. The van der Waals surface area contributed by atoms with Gasteiger partial charge in [0, 0.05) is 15.4 Å². The van der Waals surface area contributed by atoms with Gasteiger partial charge in [0.2, 0.25) is 5.91 Å². The van der Waals surface area contributed by atoms with Crippen molar-refractivity contribution in [3.05, 3.63) is 75.5 Å². The van der Waals surface area contributed by atoms with E-state index >= 15 is 0 Å². The normalized spacial score (nSPS) is 12.0. The maximum Gasteiger partial charge on any atom is 0.226 e. The molecule has 1 N–H and O–H groups in total. The Bertz CT molecular complexity index is 879. The van der Waals surface area contributed by atoms with Crippen molar-refractivity contribution in [1.29, 1.82) is 0 Å². The van der Waals surface area contributed by atoms with Gasteiger partial charge in [-0.1, -0.05) is 40.2 Å².